The third-order valence-corrected chi connectivity index (χ3v) is 2.20. The number of benzene rings is 1. The molecule has 2 N–H and O–H groups in total. The van der Waals surface area contributed by atoms with Crippen molar-refractivity contribution >= 4 is 6.09 Å². The molecule has 1 amide bonds. The lowest BCUT2D eigenvalue weighted by Crippen LogP contribution is -2.40. The van der Waals surface area contributed by atoms with Gasteiger partial charge in [0.1, 0.15) is 11.4 Å². The van der Waals surface area contributed by atoms with Crippen LogP contribution >= 0.6 is 0 Å². The van der Waals surface area contributed by atoms with Gasteiger partial charge in [-0.25, -0.2) is 10.2 Å². The molecule has 112 valence electrons. The molecular formula is C15H24N2O3. The van der Waals surface area contributed by atoms with Crippen LogP contribution in [-0.2, 0) is 11.3 Å². The molecule has 0 fully saturated rings. The SMILES string of the molecule is CC(C)Oc1ccccc1CNNC(=O)OC(C)(C)C. The molecule has 20 heavy (non-hydrogen) atoms. The van der Waals surface area contributed by atoms with Crippen molar-refractivity contribution in [2.24, 2.45) is 0 Å². The van der Waals surface area contributed by atoms with E-state index in [9.17, 15) is 4.79 Å². The molecule has 0 atom stereocenters. The summed E-state index contributed by atoms with van der Waals surface area (Å²) < 4.78 is 10.8. The highest BCUT2D eigenvalue weighted by Gasteiger charge is 2.15. The van der Waals surface area contributed by atoms with E-state index < -0.39 is 11.7 Å². The topological polar surface area (TPSA) is 59.6 Å². The van der Waals surface area contributed by atoms with Gasteiger partial charge in [0, 0.05) is 12.1 Å². The van der Waals surface area contributed by atoms with Crippen LogP contribution in [0.3, 0.4) is 0 Å². The standard InChI is InChI=1S/C15H24N2O3/c1-11(2)19-13-9-7-6-8-12(13)10-16-17-14(18)20-15(3,4)5/h6-9,11,16H,10H2,1-5H3,(H,17,18). The number of hydrazine groups is 1. The molecule has 5 heteroatoms. The molecule has 0 aromatic heterocycles. The molecule has 1 aromatic carbocycles. The maximum atomic E-state index is 11.5. The molecule has 0 saturated carbocycles. The lowest BCUT2D eigenvalue weighted by molar-refractivity contribution is 0.0496. The largest absolute Gasteiger partial charge is 0.491 e. The highest BCUT2D eigenvalue weighted by Crippen LogP contribution is 2.18. The monoisotopic (exact) mass is 280 g/mol. The average molecular weight is 280 g/mol. The van der Waals surface area contributed by atoms with Gasteiger partial charge in [0.15, 0.2) is 0 Å². The molecule has 0 radical (unpaired) electrons. The Kier molecular flexibility index (Phi) is 5.82. The summed E-state index contributed by atoms with van der Waals surface area (Å²) in [5, 5.41) is 0. The van der Waals surface area contributed by atoms with Crippen molar-refractivity contribution in [1.82, 2.24) is 10.9 Å². The summed E-state index contributed by atoms with van der Waals surface area (Å²) in [5.74, 6) is 0.806. The van der Waals surface area contributed by atoms with Crippen molar-refractivity contribution in [3.63, 3.8) is 0 Å². The number of hydrogen-bond acceptors (Lipinski definition) is 4. The van der Waals surface area contributed by atoms with Gasteiger partial charge in [-0.15, -0.1) is 0 Å². The van der Waals surface area contributed by atoms with E-state index in [0.29, 0.717) is 6.54 Å². The van der Waals surface area contributed by atoms with Crippen molar-refractivity contribution in [3.8, 4) is 5.75 Å². The minimum absolute atomic E-state index is 0.106. The van der Waals surface area contributed by atoms with Crippen LogP contribution in [0, 0.1) is 0 Å². The molecule has 1 aromatic rings. The van der Waals surface area contributed by atoms with Gasteiger partial charge in [-0.05, 0) is 40.7 Å². The number of carbonyl (C=O) groups is 1. The van der Waals surface area contributed by atoms with Gasteiger partial charge in [-0.1, -0.05) is 18.2 Å². The van der Waals surface area contributed by atoms with E-state index in [0.717, 1.165) is 11.3 Å². The molecular weight excluding hydrogens is 256 g/mol. The van der Waals surface area contributed by atoms with Crippen molar-refractivity contribution < 1.29 is 14.3 Å². The first-order chi connectivity index (χ1) is 9.28. The quantitative estimate of drug-likeness (QED) is 0.814. The number of carbonyl (C=O) groups excluding carboxylic acids is 1. The van der Waals surface area contributed by atoms with E-state index >= 15 is 0 Å². The second-order valence-electron chi connectivity index (χ2n) is 5.75. The molecule has 0 aliphatic heterocycles. The first-order valence-electron chi connectivity index (χ1n) is 6.74. The predicted molar refractivity (Wildman–Crippen MR) is 78.4 cm³/mol. The smallest absolute Gasteiger partial charge is 0.422 e. The van der Waals surface area contributed by atoms with Crippen molar-refractivity contribution in [2.45, 2.75) is 52.9 Å². The Morgan fingerprint density at radius 2 is 1.90 bits per heavy atom. The molecule has 0 heterocycles. The Morgan fingerprint density at radius 1 is 1.25 bits per heavy atom. The molecule has 0 aliphatic rings. The fraction of sp³-hybridized carbons (Fsp3) is 0.533. The second-order valence-corrected chi connectivity index (χ2v) is 5.75. The molecule has 5 nitrogen and oxygen atoms in total. The molecule has 0 aliphatic carbocycles. The highest BCUT2D eigenvalue weighted by molar-refractivity contribution is 5.67. The van der Waals surface area contributed by atoms with Gasteiger partial charge in [-0.3, -0.25) is 5.43 Å². The Morgan fingerprint density at radius 3 is 2.50 bits per heavy atom. The Hall–Kier alpha value is -1.75. The minimum atomic E-state index is -0.509. The van der Waals surface area contributed by atoms with Crippen LogP contribution < -0.4 is 15.6 Å². The number of para-hydroxylation sites is 1. The van der Waals surface area contributed by atoms with Gasteiger partial charge in [0.25, 0.3) is 0 Å². The Bertz CT molecular complexity index is 439. The molecule has 1 rings (SSSR count). The van der Waals surface area contributed by atoms with E-state index in [4.69, 9.17) is 9.47 Å². The zero-order valence-corrected chi connectivity index (χ0v) is 12.8. The fourth-order valence-electron chi connectivity index (χ4n) is 1.53. The number of ether oxygens (including phenoxy) is 2. The minimum Gasteiger partial charge on any atom is -0.491 e. The number of hydrogen-bond donors (Lipinski definition) is 2. The summed E-state index contributed by atoms with van der Waals surface area (Å²) in [6, 6.07) is 7.70. The summed E-state index contributed by atoms with van der Waals surface area (Å²) in [6.45, 7) is 9.86. The van der Waals surface area contributed by atoms with Crippen LogP contribution in [0.4, 0.5) is 4.79 Å². The Balaban J connectivity index is 2.48. The summed E-state index contributed by atoms with van der Waals surface area (Å²) in [5.41, 5.74) is 5.79. The van der Waals surface area contributed by atoms with E-state index in [1.54, 1.807) is 0 Å². The summed E-state index contributed by atoms with van der Waals surface area (Å²) >= 11 is 0. The van der Waals surface area contributed by atoms with Crippen molar-refractivity contribution in [3.05, 3.63) is 29.8 Å². The van der Waals surface area contributed by atoms with Crippen LogP contribution in [0.15, 0.2) is 24.3 Å². The van der Waals surface area contributed by atoms with Crippen LogP contribution in [0.2, 0.25) is 0 Å². The van der Waals surface area contributed by atoms with Gasteiger partial charge in [0.2, 0.25) is 0 Å². The second kappa shape index (κ2) is 7.14. The average Bonchev–Trinajstić information content (AvgIpc) is 2.28. The third-order valence-electron chi connectivity index (χ3n) is 2.20. The maximum absolute atomic E-state index is 11.5. The maximum Gasteiger partial charge on any atom is 0.422 e. The third kappa shape index (κ3) is 6.43. The number of amides is 1. The fourth-order valence-corrected chi connectivity index (χ4v) is 1.53. The molecule has 0 unspecified atom stereocenters. The first kappa shape index (κ1) is 16.3. The molecule has 0 bridgehead atoms. The van der Waals surface area contributed by atoms with E-state index in [1.165, 1.54) is 0 Å². The number of nitrogens with one attached hydrogen (secondary N) is 2. The van der Waals surface area contributed by atoms with Crippen molar-refractivity contribution in [2.75, 3.05) is 0 Å². The highest BCUT2D eigenvalue weighted by atomic mass is 16.6. The van der Waals surface area contributed by atoms with Crippen LogP contribution in [0.25, 0.3) is 0 Å². The lowest BCUT2D eigenvalue weighted by atomic mass is 10.2. The summed E-state index contributed by atoms with van der Waals surface area (Å²) in [6.07, 6.45) is -0.394. The lowest BCUT2D eigenvalue weighted by Gasteiger charge is -2.20. The first-order valence-corrected chi connectivity index (χ1v) is 6.74. The zero-order valence-electron chi connectivity index (χ0n) is 12.8. The Labute approximate surface area is 120 Å². The normalized spacial score (nSPS) is 11.3. The zero-order chi connectivity index (χ0) is 15.2. The van der Waals surface area contributed by atoms with Crippen LogP contribution in [0.1, 0.15) is 40.2 Å². The van der Waals surface area contributed by atoms with Gasteiger partial charge in [0.05, 0.1) is 6.10 Å². The summed E-state index contributed by atoms with van der Waals surface area (Å²) in [7, 11) is 0. The van der Waals surface area contributed by atoms with Gasteiger partial charge >= 0.3 is 6.09 Å². The van der Waals surface area contributed by atoms with E-state index in [1.807, 2.05) is 58.9 Å². The van der Waals surface area contributed by atoms with Gasteiger partial charge in [-0.2, -0.15) is 0 Å². The van der Waals surface area contributed by atoms with Crippen molar-refractivity contribution in [1.29, 1.82) is 0 Å². The van der Waals surface area contributed by atoms with Crippen LogP contribution in [0.5, 0.6) is 5.75 Å². The molecule has 0 saturated heterocycles. The van der Waals surface area contributed by atoms with E-state index in [2.05, 4.69) is 10.9 Å². The van der Waals surface area contributed by atoms with Crippen LogP contribution in [-0.4, -0.2) is 17.8 Å². The summed E-state index contributed by atoms with van der Waals surface area (Å²) in [4.78, 5) is 11.5. The molecule has 0 spiro atoms. The number of rotatable bonds is 5. The van der Waals surface area contributed by atoms with Gasteiger partial charge < -0.3 is 9.47 Å². The van der Waals surface area contributed by atoms with E-state index in [-0.39, 0.29) is 6.10 Å². The predicted octanol–water partition coefficient (Wildman–Crippen LogP) is 3.00.